The molecule has 0 aliphatic rings. The quantitative estimate of drug-likeness (QED) is 0.598. The minimum absolute atomic E-state index is 0. The second-order valence-corrected chi connectivity index (χ2v) is 1.83. The Kier molecular flexibility index (Phi) is 4.04. The van der Waals surface area contributed by atoms with Crippen molar-refractivity contribution in [3.05, 3.63) is 17.5 Å². The first-order valence-corrected chi connectivity index (χ1v) is 2.76. The van der Waals surface area contributed by atoms with Crippen molar-refractivity contribution in [1.29, 1.82) is 0 Å². The van der Waals surface area contributed by atoms with Crippen molar-refractivity contribution in [2.45, 2.75) is 6.92 Å². The third-order valence-corrected chi connectivity index (χ3v) is 1.16. The van der Waals surface area contributed by atoms with Crippen molar-refractivity contribution in [2.75, 3.05) is 7.11 Å². The van der Waals surface area contributed by atoms with Gasteiger partial charge in [-0.25, -0.2) is 0 Å². The number of rotatable bonds is 1. The number of ether oxygens (including phenoxy) is 1. The van der Waals surface area contributed by atoms with Gasteiger partial charge < -0.3 is 14.9 Å². The van der Waals surface area contributed by atoms with Gasteiger partial charge in [0.2, 0.25) is 0 Å². The zero-order valence-corrected chi connectivity index (χ0v) is 9.11. The van der Waals surface area contributed by atoms with E-state index in [1.165, 1.54) is 7.11 Å². The number of hydrogen-bond acceptors (Lipinski definition) is 3. The van der Waals surface area contributed by atoms with Crippen LogP contribution in [-0.4, -0.2) is 23.3 Å². The number of H-pyrrole nitrogens is 1. The van der Waals surface area contributed by atoms with Crippen molar-refractivity contribution in [3.8, 4) is 0 Å². The van der Waals surface area contributed by atoms with E-state index < -0.39 is 5.97 Å². The Morgan fingerprint density at radius 3 is 2.73 bits per heavy atom. The Hall–Kier alpha value is -0.632. The van der Waals surface area contributed by atoms with Gasteiger partial charge in [-0.3, -0.25) is 4.79 Å². The van der Waals surface area contributed by atoms with E-state index in [-0.39, 0.29) is 21.1 Å². The average Bonchev–Trinajstić information content (AvgIpc) is 2.34. The molecule has 0 radical (unpaired) electrons. The van der Waals surface area contributed by atoms with Gasteiger partial charge in [0, 0.05) is 0 Å². The van der Waals surface area contributed by atoms with Crippen molar-refractivity contribution in [3.63, 3.8) is 0 Å². The smallest absolute Gasteiger partial charge is 0.478 e. The molecule has 0 atom stereocenters. The Balaban J connectivity index is 0.000001000. The van der Waals surface area contributed by atoms with Gasteiger partial charge in [0.05, 0.1) is 7.11 Å². The number of carbonyl (C=O) groups excluding carboxylic acids is 1. The Morgan fingerprint density at radius 1 is 1.73 bits per heavy atom. The van der Waals surface area contributed by atoms with Crippen molar-refractivity contribution in [2.24, 2.45) is 0 Å². The molecule has 0 spiro atoms. The van der Waals surface area contributed by atoms with Crippen LogP contribution < -0.4 is 0 Å². The number of aromatic nitrogens is 2. The summed E-state index contributed by atoms with van der Waals surface area (Å²) in [7, 11) is 1.32. The number of aromatic amines is 1. The third-order valence-electron chi connectivity index (χ3n) is 1.16. The van der Waals surface area contributed by atoms with Crippen LogP contribution in [-0.2, 0) is 25.8 Å². The molecule has 11 heavy (non-hydrogen) atoms. The molecule has 58 valence electrons. The molecule has 0 aromatic carbocycles. The van der Waals surface area contributed by atoms with Crippen molar-refractivity contribution < 1.29 is 30.6 Å². The van der Waals surface area contributed by atoms with Gasteiger partial charge in [-0.1, -0.05) is 6.92 Å². The first kappa shape index (κ1) is 10.4. The van der Waals surface area contributed by atoms with E-state index in [9.17, 15) is 4.79 Å². The molecule has 1 N–H and O–H groups in total. The zero-order valence-electron chi connectivity index (χ0n) is 6.17. The van der Waals surface area contributed by atoms with E-state index in [0.717, 1.165) is 0 Å². The molecule has 0 saturated heterocycles. The number of nitrogens with one attached hydrogen (secondary N) is 1. The molecule has 1 heterocycles. The topological polar surface area (TPSA) is 55.0 Å². The molecular formula is C6H7N2O2W+. The Labute approximate surface area is 78.6 Å². The molecular weight excluding hydrogens is 316 g/mol. The van der Waals surface area contributed by atoms with E-state index in [0.29, 0.717) is 11.3 Å². The summed E-state index contributed by atoms with van der Waals surface area (Å²) in [6.07, 6.45) is 2.58. The van der Waals surface area contributed by atoms with Gasteiger partial charge in [-0.05, 0) is 5.69 Å². The fourth-order valence-electron chi connectivity index (χ4n) is 0.608. The molecule has 1 aromatic heterocycles. The monoisotopic (exact) mass is 323 g/mol. The summed E-state index contributed by atoms with van der Waals surface area (Å²) in [6.45, 7) is 1.73. The summed E-state index contributed by atoms with van der Waals surface area (Å²) in [5, 5.41) is 6.02. The number of esters is 1. The van der Waals surface area contributed by atoms with E-state index >= 15 is 0 Å². The molecule has 0 unspecified atom stereocenters. The number of carbonyl (C=O) groups is 1. The third kappa shape index (κ3) is 2.15. The van der Waals surface area contributed by atoms with Crippen LogP contribution in [0.1, 0.15) is 16.1 Å². The first-order valence-electron chi connectivity index (χ1n) is 2.76. The van der Waals surface area contributed by atoms with Crippen molar-refractivity contribution >= 4 is 5.97 Å². The van der Waals surface area contributed by atoms with E-state index in [1.807, 2.05) is 0 Å². The van der Waals surface area contributed by atoms with Crippen LogP contribution in [0.5, 0.6) is 0 Å². The largest absolute Gasteiger partial charge is 2.00 e. The second-order valence-electron chi connectivity index (χ2n) is 1.83. The summed E-state index contributed by atoms with van der Waals surface area (Å²) in [4.78, 5) is 10.8. The fraction of sp³-hybridized carbons (Fsp3) is 0.333. The average molecular weight is 323 g/mol. The standard InChI is InChI=1S/C6H7N2O2.W/c1-4-3-7-8-5(4)6(9)10-2;/h1-2H3,(H,7,8);/q-1;+2. The first-order chi connectivity index (χ1) is 4.75. The van der Waals surface area contributed by atoms with Crippen LogP contribution >= 0.6 is 0 Å². The summed E-state index contributed by atoms with van der Waals surface area (Å²) in [5.41, 5.74) is 1.04. The van der Waals surface area contributed by atoms with E-state index in [1.54, 1.807) is 6.92 Å². The molecule has 0 aliphatic heterocycles. The normalized spacial score (nSPS) is 8.55. The summed E-state index contributed by atoms with van der Waals surface area (Å²) in [6, 6.07) is 0. The summed E-state index contributed by atoms with van der Waals surface area (Å²) in [5.74, 6) is -0.411. The van der Waals surface area contributed by atoms with E-state index in [4.69, 9.17) is 0 Å². The number of aryl methyl sites for hydroxylation is 1. The molecule has 1 aromatic rings. The van der Waals surface area contributed by atoms with Gasteiger partial charge in [-0.2, -0.15) is 5.56 Å². The summed E-state index contributed by atoms with van der Waals surface area (Å²) < 4.78 is 4.45. The summed E-state index contributed by atoms with van der Waals surface area (Å²) >= 11 is 0. The number of nitrogens with zero attached hydrogens (tertiary/aromatic N) is 1. The predicted molar refractivity (Wildman–Crippen MR) is 33.5 cm³/mol. The molecule has 0 saturated carbocycles. The molecule has 4 nitrogen and oxygen atoms in total. The predicted octanol–water partition coefficient (Wildman–Crippen LogP) is 0.302. The minimum Gasteiger partial charge on any atom is -0.478 e. The van der Waals surface area contributed by atoms with Gasteiger partial charge in [0.15, 0.2) is 0 Å². The molecule has 0 fully saturated rings. The van der Waals surface area contributed by atoms with Crippen LogP contribution in [0, 0.1) is 13.1 Å². The van der Waals surface area contributed by atoms with Crippen LogP contribution in [0.2, 0.25) is 0 Å². The van der Waals surface area contributed by atoms with Gasteiger partial charge in [-0.15, -0.1) is 6.20 Å². The van der Waals surface area contributed by atoms with Gasteiger partial charge in [0.1, 0.15) is 0 Å². The van der Waals surface area contributed by atoms with Crippen LogP contribution in [0.25, 0.3) is 0 Å². The van der Waals surface area contributed by atoms with Crippen molar-refractivity contribution in [1.82, 2.24) is 10.2 Å². The fourth-order valence-corrected chi connectivity index (χ4v) is 0.608. The second kappa shape index (κ2) is 4.29. The van der Waals surface area contributed by atoms with Gasteiger partial charge >= 0.3 is 21.1 Å². The maximum absolute atomic E-state index is 10.8. The van der Waals surface area contributed by atoms with Gasteiger partial charge in [0.25, 0.3) is 5.97 Å². The number of hydrogen-bond donors (Lipinski definition) is 1. The Bertz CT molecular complexity index is 246. The molecule has 0 aliphatic carbocycles. The molecule has 5 heteroatoms. The van der Waals surface area contributed by atoms with Crippen LogP contribution in [0.3, 0.4) is 0 Å². The SMILES string of the molecule is COC(=O)c1[nH]n[c-]c1C.[W+2]. The van der Waals surface area contributed by atoms with Crippen LogP contribution in [0.15, 0.2) is 0 Å². The molecule has 0 amide bonds. The van der Waals surface area contributed by atoms with Crippen LogP contribution in [0.4, 0.5) is 0 Å². The molecule has 1 rings (SSSR count). The minimum atomic E-state index is -0.411. The molecule has 0 bridgehead atoms. The van der Waals surface area contributed by atoms with E-state index in [2.05, 4.69) is 21.1 Å². The zero-order chi connectivity index (χ0) is 7.56. The number of methoxy groups -OCH3 is 1. The Morgan fingerprint density at radius 2 is 2.36 bits per heavy atom. The maximum Gasteiger partial charge on any atom is 2.00 e. The maximum atomic E-state index is 10.8.